The van der Waals surface area contributed by atoms with E-state index in [9.17, 15) is 4.79 Å². The van der Waals surface area contributed by atoms with E-state index in [0.29, 0.717) is 5.82 Å². The molecule has 0 radical (unpaired) electrons. The molecule has 0 spiro atoms. The van der Waals surface area contributed by atoms with Crippen molar-refractivity contribution in [2.45, 2.75) is 33.7 Å². The highest BCUT2D eigenvalue weighted by Gasteiger charge is 2.15. The molecule has 0 aliphatic carbocycles. The van der Waals surface area contributed by atoms with Crippen LogP contribution >= 0.6 is 0 Å². The molecular formula is C16H19N5O2. The number of carbonyl (C=O) groups excluding carboxylic acids is 1. The normalized spacial score (nSPS) is 11.1. The zero-order chi connectivity index (χ0) is 16.6. The number of H-pyrrole nitrogens is 1. The van der Waals surface area contributed by atoms with Crippen LogP contribution in [0.25, 0.3) is 11.0 Å². The Balaban J connectivity index is 1.76. The number of aromatic amines is 1. The predicted octanol–water partition coefficient (Wildman–Crippen LogP) is 1.92. The minimum absolute atomic E-state index is 0.111. The zero-order valence-corrected chi connectivity index (χ0v) is 13.4. The van der Waals surface area contributed by atoms with Crippen LogP contribution in [-0.4, -0.2) is 21.1 Å². The molecule has 7 nitrogen and oxygen atoms in total. The summed E-state index contributed by atoms with van der Waals surface area (Å²) in [4.78, 5) is 16.1. The number of benzene rings is 1. The third kappa shape index (κ3) is 2.90. The van der Waals surface area contributed by atoms with E-state index in [1.807, 2.05) is 13.8 Å². The molecule has 2 heterocycles. The van der Waals surface area contributed by atoms with Crippen molar-refractivity contribution in [2.24, 2.45) is 0 Å². The SMILES string of the molecule is Cc1cc(C)c2c(CC(=O)NCc3nc(N)n[nH]3)coc2c1C. The highest BCUT2D eigenvalue weighted by Crippen LogP contribution is 2.30. The number of hydrogen-bond acceptors (Lipinski definition) is 5. The zero-order valence-electron chi connectivity index (χ0n) is 13.4. The standard InChI is InChI=1S/C16H19N5O2/c1-8-4-9(2)14-11(7-23-15(14)10(8)3)5-13(22)18-6-12-19-16(17)21-20-12/h4,7H,5-6H2,1-3H3,(H,18,22)(H3,17,19,20,21). The molecule has 0 bridgehead atoms. The van der Waals surface area contributed by atoms with E-state index >= 15 is 0 Å². The van der Waals surface area contributed by atoms with Gasteiger partial charge in [0.1, 0.15) is 11.4 Å². The molecule has 0 aliphatic heterocycles. The number of amides is 1. The Hall–Kier alpha value is -2.83. The van der Waals surface area contributed by atoms with Gasteiger partial charge in [0.2, 0.25) is 11.9 Å². The molecule has 3 aromatic rings. The van der Waals surface area contributed by atoms with E-state index in [-0.39, 0.29) is 24.8 Å². The van der Waals surface area contributed by atoms with Crippen LogP contribution in [0.5, 0.6) is 0 Å². The van der Waals surface area contributed by atoms with Gasteiger partial charge in [0.25, 0.3) is 0 Å². The van der Waals surface area contributed by atoms with Gasteiger partial charge in [0, 0.05) is 10.9 Å². The third-order valence-corrected chi connectivity index (χ3v) is 3.98. The lowest BCUT2D eigenvalue weighted by molar-refractivity contribution is -0.120. The largest absolute Gasteiger partial charge is 0.464 e. The number of rotatable bonds is 4. The Morgan fingerprint density at radius 2 is 2.13 bits per heavy atom. The highest BCUT2D eigenvalue weighted by atomic mass is 16.3. The molecule has 0 fully saturated rings. The smallest absolute Gasteiger partial charge is 0.239 e. The van der Waals surface area contributed by atoms with Crippen LogP contribution in [0, 0.1) is 20.8 Å². The summed E-state index contributed by atoms with van der Waals surface area (Å²) in [5.41, 5.74) is 10.6. The molecule has 4 N–H and O–H groups in total. The van der Waals surface area contributed by atoms with Gasteiger partial charge in [-0.15, -0.1) is 5.10 Å². The summed E-state index contributed by atoms with van der Waals surface area (Å²) in [5.74, 6) is 0.576. The van der Waals surface area contributed by atoms with Gasteiger partial charge in [-0.05, 0) is 37.5 Å². The maximum absolute atomic E-state index is 12.2. The molecule has 1 amide bonds. The van der Waals surface area contributed by atoms with E-state index in [1.165, 1.54) is 5.56 Å². The summed E-state index contributed by atoms with van der Waals surface area (Å²) in [6.45, 7) is 6.37. The molecule has 0 saturated heterocycles. The Kier molecular flexibility index (Phi) is 3.77. The van der Waals surface area contributed by atoms with Gasteiger partial charge < -0.3 is 15.5 Å². The van der Waals surface area contributed by atoms with Crippen LogP contribution in [0.2, 0.25) is 0 Å². The molecule has 3 rings (SSSR count). The number of aromatic nitrogens is 3. The second kappa shape index (κ2) is 5.75. The van der Waals surface area contributed by atoms with Crippen molar-refractivity contribution < 1.29 is 9.21 Å². The summed E-state index contributed by atoms with van der Waals surface area (Å²) in [6.07, 6.45) is 1.91. The fourth-order valence-electron chi connectivity index (χ4n) is 2.72. The molecular weight excluding hydrogens is 294 g/mol. The minimum Gasteiger partial charge on any atom is -0.464 e. The average Bonchev–Trinajstić information content (AvgIpc) is 3.09. The number of nitrogens with zero attached hydrogens (tertiary/aromatic N) is 2. The maximum Gasteiger partial charge on any atom is 0.239 e. The Morgan fingerprint density at radius 3 is 2.83 bits per heavy atom. The summed E-state index contributed by atoms with van der Waals surface area (Å²) in [6, 6.07) is 2.12. The van der Waals surface area contributed by atoms with Crippen LogP contribution in [-0.2, 0) is 17.8 Å². The molecule has 120 valence electrons. The summed E-state index contributed by atoms with van der Waals surface area (Å²) in [5, 5.41) is 10.2. The lowest BCUT2D eigenvalue weighted by atomic mass is 9.99. The molecule has 7 heteroatoms. The van der Waals surface area contributed by atoms with Gasteiger partial charge in [0.15, 0.2) is 0 Å². The van der Waals surface area contributed by atoms with Crippen molar-refractivity contribution in [3.63, 3.8) is 0 Å². The second-order valence-electron chi connectivity index (χ2n) is 5.69. The summed E-state index contributed by atoms with van der Waals surface area (Å²) in [7, 11) is 0. The van der Waals surface area contributed by atoms with E-state index < -0.39 is 0 Å². The number of nitrogens with one attached hydrogen (secondary N) is 2. The van der Waals surface area contributed by atoms with E-state index in [1.54, 1.807) is 6.26 Å². The Bertz CT molecular complexity index is 878. The first-order valence-corrected chi connectivity index (χ1v) is 7.36. The molecule has 0 saturated carbocycles. The number of aryl methyl sites for hydroxylation is 3. The molecule has 0 atom stereocenters. The van der Waals surface area contributed by atoms with E-state index in [4.69, 9.17) is 10.2 Å². The first-order valence-electron chi connectivity index (χ1n) is 7.36. The van der Waals surface area contributed by atoms with Crippen molar-refractivity contribution >= 4 is 22.8 Å². The first-order chi connectivity index (χ1) is 11.0. The highest BCUT2D eigenvalue weighted by molar-refractivity contribution is 5.91. The average molecular weight is 313 g/mol. The van der Waals surface area contributed by atoms with Crippen LogP contribution in [0.15, 0.2) is 16.7 Å². The topological polar surface area (TPSA) is 110 Å². The fourth-order valence-corrected chi connectivity index (χ4v) is 2.72. The van der Waals surface area contributed by atoms with Crippen molar-refractivity contribution in [1.82, 2.24) is 20.5 Å². The van der Waals surface area contributed by atoms with Crippen molar-refractivity contribution in [3.8, 4) is 0 Å². The summed E-state index contributed by atoms with van der Waals surface area (Å²) < 4.78 is 5.68. The number of carbonyl (C=O) groups is 1. The number of furan rings is 1. The molecule has 0 aliphatic rings. The third-order valence-electron chi connectivity index (χ3n) is 3.98. The van der Waals surface area contributed by atoms with Crippen LogP contribution in [0.4, 0.5) is 5.95 Å². The van der Waals surface area contributed by atoms with Crippen LogP contribution in [0.1, 0.15) is 28.1 Å². The van der Waals surface area contributed by atoms with Crippen LogP contribution < -0.4 is 11.1 Å². The van der Waals surface area contributed by atoms with Crippen molar-refractivity contribution in [1.29, 1.82) is 0 Å². The van der Waals surface area contributed by atoms with Crippen LogP contribution in [0.3, 0.4) is 0 Å². The first kappa shape index (κ1) is 15.1. The van der Waals surface area contributed by atoms with Gasteiger partial charge in [-0.1, -0.05) is 6.07 Å². The molecule has 0 unspecified atom stereocenters. The van der Waals surface area contributed by atoms with Crippen molar-refractivity contribution in [3.05, 3.63) is 40.4 Å². The maximum atomic E-state index is 12.2. The quantitative estimate of drug-likeness (QED) is 0.681. The molecule has 23 heavy (non-hydrogen) atoms. The van der Waals surface area contributed by atoms with Gasteiger partial charge in [0.05, 0.1) is 19.2 Å². The Morgan fingerprint density at radius 1 is 1.35 bits per heavy atom. The summed E-state index contributed by atoms with van der Waals surface area (Å²) >= 11 is 0. The van der Waals surface area contributed by atoms with E-state index in [0.717, 1.165) is 27.7 Å². The number of hydrogen-bond donors (Lipinski definition) is 3. The lowest BCUT2D eigenvalue weighted by Gasteiger charge is -2.06. The monoisotopic (exact) mass is 313 g/mol. The lowest BCUT2D eigenvalue weighted by Crippen LogP contribution is -2.25. The van der Waals surface area contributed by atoms with E-state index in [2.05, 4.69) is 33.5 Å². The van der Waals surface area contributed by atoms with Gasteiger partial charge in [-0.25, -0.2) is 0 Å². The second-order valence-corrected chi connectivity index (χ2v) is 5.69. The number of anilines is 1. The minimum atomic E-state index is -0.111. The van der Waals surface area contributed by atoms with Gasteiger partial charge in [-0.3, -0.25) is 9.89 Å². The number of nitrogens with two attached hydrogens (primary N) is 1. The predicted molar refractivity (Wildman–Crippen MR) is 86.8 cm³/mol. The molecule has 2 aromatic heterocycles. The Labute approximate surface area is 133 Å². The number of nitrogen functional groups attached to an aromatic ring is 1. The number of fused-ring (bicyclic) bond motifs is 1. The van der Waals surface area contributed by atoms with Gasteiger partial charge >= 0.3 is 0 Å². The van der Waals surface area contributed by atoms with Gasteiger partial charge in [-0.2, -0.15) is 4.98 Å². The fraction of sp³-hybridized carbons (Fsp3) is 0.312. The van der Waals surface area contributed by atoms with Crippen molar-refractivity contribution in [2.75, 3.05) is 5.73 Å². The molecule has 1 aromatic carbocycles.